The molecule has 0 amide bonds. The van der Waals surface area contributed by atoms with Gasteiger partial charge in [0.2, 0.25) is 0 Å². The standard InChI is InChI=1S/C10H22N2S/c1-9(13-2)8-12-10-4-3-6-11-7-5-10/h9-12H,3-8H2,1-2H3. The van der Waals surface area contributed by atoms with Crippen LogP contribution in [0.2, 0.25) is 0 Å². The maximum Gasteiger partial charge on any atom is 0.0141 e. The maximum atomic E-state index is 3.65. The molecule has 0 saturated carbocycles. The first kappa shape index (κ1) is 11.3. The summed E-state index contributed by atoms with van der Waals surface area (Å²) < 4.78 is 0. The highest BCUT2D eigenvalue weighted by Gasteiger charge is 2.11. The Kier molecular flexibility index (Phi) is 5.83. The molecule has 0 aromatic carbocycles. The fraction of sp³-hybridized carbons (Fsp3) is 1.00. The predicted octanol–water partition coefficient (Wildman–Crippen LogP) is 1.47. The van der Waals surface area contributed by atoms with Crippen molar-refractivity contribution in [2.45, 2.75) is 37.5 Å². The highest BCUT2D eigenvalue weighted by atomic mass is 32.2. The normalized spacial score (nSPS) is 26.8. The molecule has 1 saturated heterocycles. The number of hydrogen-bond donors (Lipinski definition) is 2. The summed E-state index contributed by atoms with van der Waals surface area (Å²) in [6.07, 6.45) is 6.14. The van der Waals surface area contributed by atoms with E-state index in [-0.39, 0.29) is 0 Å². The number of nitrogens with one attached hydrogen (secondary N) is 2. The second kappa shape index (κ2) is 6.68. The predicted molar refractivity (Wildman–Crippen MR) is 61.5 cm³/mol. The fourth-order valence-corrected chi connectivity index (χ4v) is 1.90. The topological polar surface area (TPSA) is 24.1 Å². The van der Waals surface area contributed by atoms with Gasteiger partial charge in [-0.25, -0.2) is 0 Å². The summed E-state index contributed by atoms with van der Waals surface area (Å²) in [4.78, 5) is 0. The molecule has 0 aromatic rings. The zero-order valence-corrected chi connectivity index (χ0v) is 9.62. The Morgan fingerprint density at radius 1 is 1.46 bits per heavy atom. The van der Waals surface area contributed by atoms with Crippen molar-refractivity contribution in [3.05, 3.63) is 0 Å². The van der Waals surface area contributed by atoms with E-state index < -0.39 is 0 Å². The highest BCUT2D eigenvalue weighted by molar-refractivity contribution is 7.99. The monoisotopic (exact) mass is 202 g/mol. The van der Waals surface area contributed by atoms with Gasteiger partial charge in [-0.2, -0.15) is 11.8 Å². The van der Waals surface area contributed by atoms with Gasteiger partial charge in [-0.1, -0.05) is 6.92 Å². The van der Waals surface area contributed by atoms with E-state index in [4.69, 9.17) is 0 Å². The smallest absolute Gasteiger partial charge is 0.0141 e. The molecule has 13 heavy (non-hydrogen) atoms. The van der Waals surface area contributed by atoms with Gasteiger partial charge >= 0.3 is 0 Å². The van der Waals surface area contributed by atoms with Gasteiger partial charge < -0.3 is 10.6 Å². The molecule has 0 radical (unpaired) electrons. The molecule has 2 N–H and O–H groups in total. The zero-order chi connectivity index (χ0) is 9.52. The summed E-state index contributed by atoms with van der Waals surface area (Å²) in [6, 6.07) is 0.754. The van der Waals surface area contributed by atoms with Gasteiger partial charge in [-0.3, -0.25) is 0 Å². The van der Waals surface area contributed by atoms with E-state index >= 15 is 0 Å². The Bertz CT molecular complexity index is 122. The lowest BCUT2D eigenvalue weighted by atomic mass is 10.1. The van der Waals surface area contributed by atoms with Crippen LogP contribution >= 0.6 is 11.8 Å². The van der Waals surface area contributed by atoms with Gasteiger partial charge in [0, 0.05) is 17.8 Å². The van der Waals surface area contributed by atoms with Crippen molar-refractivity contribution in [1.29, 1.82) is 0 Å². The molecule has 0 aliphatic carbocycles. The number of hydrogen-bond acceptors (Lipinski definition) is 3. The molecule has 1 rings (SSSR count). The van der Waals surface area contributed by atoms with Gasteiger partial charge in [0.1, 0.15) is 0 Å². The molecule has 1 aliphatic heterocycles. The molecule has 1 fully saturated rings. The molecular weight excluding hydrogens is 180 g/mol. The third-order valence-electron chi connectivity index (χ3n) is 2.67. The van der Waals surface area contributed by atoms with Gasteiger partial charge in [0.25, 0.3) is 0 Å². The van der Waals surface area contributed by atoms with E-state index in [1.165, 1.54) is 32.4 Å². The van der Waals surface area contributed by atoms with Crippen molar-refractivity contribution in [2.75, 3.05) is 25.9 Å². The Morgan fingerprint density at radius 3 is 3.08 bits per heavy atom. The van der Waals surface area contributed by atoms with E-state index in [2.05, 4.69) is 23.8 Å². The van der Waals surface area contributed by atoms with Crippen LogP contribution in [0.15, 0.2) is 0 Å². The van der Waals surface area contributed by atoms with Crippen molar-refractivity contribution >= 4 is 11.8 Å². The molecule has 2 nitrogen and oxygen atoms in total. The van der Waals surface area contributed by atoms with E-state index in [1.54, 1.807) is 0 Å². The third kappa shape index (κ3) is 4.89. The third-order valence-corrected chi connectivity index (χ3v) is 3.64. The van der Waals surface area contributed by atoms with Gasteiger partial charge in [-0.15, -0.1) is 0 Å². The zero-order valence-electron chi connectivity index (χ0n) is 8.81. The lowest BCUT2D eigenvalue weighted by molar-refractivity contribution is 0.472. The average Bonchev–Trinajstić information content (AvgIpc) is 2.42. The minimum Gasteiger partial charge on any atom is -0.317 e. The second-order valence-electron chi connectivity index (χ2n) is 3.83. The van der Waals surface area contributed by atoms with Gasteiger partial charge in [0.05, 0.1) is 0 Å². The number of rotatable bonds is 4. The van der Waals surface area contributed by atoms with Crippen LogP contribution < -0.4 is 10.6 Å². The van der Waals surface area contributed by atoms with E-state index in [0.717, 1.165) is 17.8 Å². The maximum absolute atomic E-state index is 3.65. The molecule has 0 aromatic heterocycles. The molecule has 0 spiro atoms. The van der Waals surface area contributed by atoms with Crippen molar-refractivity contribution in [2.24, 2.45) is 0 Å². The summed E-state index contributed by atoms with van der Waals surface area (Å²) >= 11 is 1.94. The molecule has 2 atom stereocenters. The number of thioether (sulfide) groups is 1. The molecule has 1 aliphatic rings. The van der Waals surface area contributed by atoms with E-state index in [0.29, 0.717) is 0 Å². The first-order valence-electron chi connectivity index (χ1n) is 5.30. The van der Waals surface area contributed by atoms with Crippen LogP contribution in [0.25, 0.3) is 0 Å². The van der Waals surface area contributed by atoms with Crippen LogP contribution in [0.4, 0.5) is 0 Å². The second-order valence-corrected chi connectivity index (χ2v) is 5.11. The molecule has 2 unspecified atom stereocenters. The van der Waals surface area contributed by atoms with Crippen LogP contribution in [0, 0.1) is 0 Å². The van der Waals surface area contributed by atoms with Crippen molar-refractivity contribution < 1.29 is 0 Å². The van der Waals surface area contributed by atoms with Crippen LogP contribution in [-0.4, -0.2) is 37.2 Å². The summed E-state index contributed by atoms with van der Waals surface area (Å²) in [5.41, 5.74) is 0. The van der Waals surface area contributed by atoms with Crippen LogP contribution in [0.1, 0.15) is 26.2 Å². The van der Waals surface area contributed by atoms with Crippen LogP contribution in [0.3, 0.4) is 0 Å². The van der Waals surface area contributed by atoms with Crippen LogP contribution in [-0.2, 0) is 0 Å². The summed E-state index contributed by atoms with van der Waals surface area (Å²) in [7, 11) is 0. The first-order chi connectivity index (χ1) is 6.33. The van der Waals surface area contributed by atoms with E-state index in [1.807, 2.05) is 11.8 Å². The summed E-state index contributed by atoms with van der Waals surface area (Å²) in [5, 5.41) is 7.83. The molecular formula is C10H22N2S. The Morgan fingerprint density at radius 2 is 2.31 bits per heavy atom. The Hall–Kier alpha value is 0.270. The highest BCUT2D eigenvalue weighted by Crippen LogP contribution is 2.07. The minimum atomic E-state index is 0.746. The van der Waals surface area contributed by atoms with Crippen LogP contribution in [0.5, 0.6) is 0 Å². The summed E-state index contributed by atoms with van der Waals surface area (Å²) in [5.74, 6) is 0. The largest absolute Gasteiger partial charge is 0.317 e. The molecule has 78 valence electrons. The minimum absolute atomic E-state index is 0.746. The molecule has 3 heteroatoms. The SMILES string of the molecule is CSC(C)CNC1CCCNCC1. The van der Waals surface area contributed by atoms with E-state index in [9.17, 15) is 0 Å². The fourth-order valence-electron chi connectivity index (χ4n) is 1.64. The average molecular weight is 202 g/mol. The lowest BCUT2D eigenvalue weighted by Crippen LogP contribution is -2.34. The Balaban J connectivity index is 2.11. The van der Waals surface area contributed by atoms with Crippen molar-refractivity contribution in [1.82, 2.24) is 10.6 Å². The van der Waals surface area contributed by atoms with Crippen molar-refractivity contribution in [3.8, 4) is 0 Å². The van der Waals surface area contributed by atoms with Gasteiger partial charge in [-0.05, 0) is 38.6 Å². The quantitative estimate of drug-likeness (QED) is 0.722. The lowest BCUT2D eigenvalue weighted by Gasteiger charge is -2.18. The molecule has 0 bridgehead atoms. The summed E-state index contributed by atoms with van der Waals surface area (Å²) in [6.45, 7) is 5.83. The first-order valence-corrected chi connectivity index (χ1v) is 6.58. The molecule has 1 heterocycles. The van der Waals surface area contributed by atoms with Gasteiger partial charge in [0.15, 0.2) is 0 Å². The Labute approximate surface area is 86.2 Å². The van der Waals surface area contributed by atoms with Crippen molar-refractivity contribution in [3.63, 3.8) is 0 Å².